The van der Waals surface area contributed by atoms with E-state index in [1.165, 1.54) is 6.42 Å². The van der Waals surface area contributed by atoms with Crippen LogP contribution in [-0.2, 0) is 13.0 Å². The van der Waals surface area contributed by atoms with Crippen LogP contribution in [0.25, 0.3) is 11.3 Å². The van der Waals surface area contributed by atoms with Crippen LogP contribution >= 0.6 is 0 Å². The summed E-state index contributed by atoms with van der Waals surface area (Å²) in [6.45, 7) is 2.24. The Morgan fingerprint density at radius 2 is 1.80 bits per heavy atom. The number of benzene rings is 2. The van der Waals surface area contributed by atoms with Crippen molar-refractivity contribution < 1.29 is 9.21 Å². The van der Waals surface area contributed by atoms with Crippen LogP contribution < -0.4 is 5.32 Å². The van der Waals surface area contributed by atoms with Crippen molar-refractivity contribution in [2.24, 2.45) is 0 Å². The molecule has 2 N–H and O–H groups in total. The van der Waals surface area contributed by atoms with Crippen molar-refractivity contribution in [2.45, 2.75) is 32.2 Å². The Labute approximate surface area is 204 Å². The molecular weight excluding hydrogens is 438 g/mol. The lowest BCUT2D eigenvalue weighted by atomic mass is 10.1. The van der Waals surface area contributed by atoms with E-state index in [-0.39, 0.29) is 5.91 Å². The van der Waals surface area contributed by atoms with Crippen LogP contribution in [0.3, 0.4) is 0 Å². The highest BCUT2D eigenvalue weighted by molar-refractivity contribution is 5.92. The average Bonchev–Trinajstić information content (AvgIpc) is 3.58. The third-order valence-electron chi connectivity index (χ3n) is 6.25. The third-order valence-corrected chi connectivity index (χ3v) is 6.25. The highest BCUT2D eigenvalue weighted by atomic mass is 16.4. The van der Waals surface area contributed by atoms with Crippen LogP contribution in [0.2, 0.25) is 0 Å². The molecule has 1 fully saturated rings. The van der Waals surface area contributed by atoms with Crippen molar-refractivity contribution in [1.82, 2.24) is 14.9 Å². The maximum atomic E-state index is 12.7. The van der Waals surface area contributed by atoms with Gasteiger partial charge in [-0.15, -0.1) is 0 Å². The van der Waals surface area contributed by atoms with Crippen LogP contribution in [0.5, 0.6) is 0 Å². The number of imidazole rings is 1. The summed E-state index contributed by atoms with van der Waals surface area (Å²) in [5.41, 5.74) is 4.66. The first kappa shape index (κ1) is 22.5. The summed E-state index contributed by atoms with van der Waals surface area (Å²) in [5.74, 6) is 1.96. The number of nitrogens with zero attached hydrogens (tertiary/aromatic N) is 3. The number of furan rings is 1. The number of aromatic nitrogens is 2. The number of rotatable bonds is 7. The number of carbonyl (C=O) groups excluding carboxylic acids is 1. The van der Waals surface area contributed by atoms with Gasteiger partial charge in [0.25, 0.3) is 5.91 Å². The maximum Gasteiger partial charge on any atom is 0.289 e. The molecule has 7 heteroatoms. The van der Waals surface area contributed by atoms with Crippen LogP contribution in [-0.4, -0.2) is 33.9 Å². The number of amides is 1. The fourth-order valence-electron chi connectivity index (χ4n) is 4.29. The zero-order valence-corrected chi connectivity index (χ0v) is 19.5. The molecule has 1 aliphatic heterocycles. The van der Waals surface area contributed by atoms with Gasteiger partial charge in [-0.25, -0.2) is 4.98 Å². The van der Waals surface area contributed by atoms with Crippen molar-refractivity contribution in [1.29, 1.82) is 5.26 Å². The molecule has 0 bridgehead atoms. The Bertz CT molecular complexity index is 1320. The number of aromatic amines is 1. The Hall–Kier alpha value is -4.31. The smallest absolute Gasteiger partial charge is 0.289 e. The number of likely N-dealkylation sites (tertiary alicyclic amines) is 1. The average molecular weight is 466 g/mol. The van der Waals surface area contributed by atoms with Gasteiger partial charge in [-0.3, -0.25) is 4.79 Å². The van der Waals surface area contributed by atoms with Gasteiger partial charge in [0.05, 0.1) is 30.1 Å². The van der Waals surface area contributed by atoms with E-state index in [0.29, 0.717) is 30.0 Å². The van der Waals surface area contributed by atoms with Crippen molar-refractivity contribution in [3.8, 4) is 17.4 Å². The van der Waals surface area contributed by atoms with Gasteiger partial charge in [-0.1, -0.05) is 12.1 Å². The number of piperidine rings is 1. The van der Waals surface area contributed by atoms with E-state index in [2.05, 4.69) is 21.4 Å². The quantitative estimate of drug-likeness (QED) is 0.382. The molecule has 35 heavy (non-hydrogen) atoms. The summed E-state index contributed by atoms with van der Waals surface area (Å²) in [4.78, 5) is 22.3. The molecule has 4 aromatic rings. The SMILES string of the molecule is N#Cc1ccc(Cc2ncc(CNc3ccc(-c4ccc(C(=O)N5CCCCC5)o4)cc3)[nH]2)cc1. The molecule has 1 saturated heterocycles. The molecule has 0 atom stereocenters. The Balaban J connectivity index is 1.16. The molecule has 0 saturated carbocycles. The fourth-order valence-corrected chi connectivity index (χ4v) is 4.29. The molecule has 176 valence electrons. The molecule has 0 unspecified atom stereocenters. The van der Waals surface area contributed by atoms with E-state index in [0.717, 1.165) is 54.3 Å². The zero-order valence-electron chi connectivity index (χ0n) is 19.5. The molecule has 0 aliphatic carbocycles. The molecule has 2 aromatic heterocycles. The molecule has 5 rings (SSSR count). The van der Waals surface area contributed by atoms with Crippen LogP contribution in [0.15, 0.2) is 71.3 Å². The monoisotopic (exact) mass is 465 g/mol. The van der Waals surface area contributed by atoms with E-state index in [1.807, 2.05) is 65.7 Å². The van der Waals surface area contributed by atoms with E-state index in [4.69, 9.17) is 9.68 Å². The first-order valence-corrected chi connectivity index (χ1v) is 11.9. The van der Waals surface area contributed by atoms with E-state index < -0.39 is 0 Å². The second-order valence-corrected chi connectivity index (χ2v) is 8.79. The highest BCUT2D eigenvalue weighted by Gasteiger charge is 2.21. The minimum Gasteiger partial charge on any atom is -0.451 e. The summed E-state index contributed by atoms with van der Waals surface area (Å²) in [7, 11) is 0. The predicted octanol–water partition coefficient (Wildman–Crippen LogP) is 5.37. The molecule has 7 nitrogen and oxygen atoms in total. The van der Waals surface area contributed by atoms with Gasteiger partial charge in [0, 0.05) is 30.8 Å². The fraction of sp³-hybridized carbons (Fsp3) is 0.250. The van der Waals surface area contributed by atoms with Gasteiger partial charge in [-0.05, 0) is 73.4 Å². The molecule has 1 amide bonds. The number of carbonyl (C=O) groups is 1. The number of anilines is 1. The third kappa shape index (κ3) is 5.44. The molecule has 1 aliphatic rings. The van der Waals surface area contributed by atoms with Crippen LogP contribution in [0.1, 0.15) is 52.5 Å². The van der Waals surface area contributed by atoms with Crippen LogP contribution in [0, 0.1) is 11.3 Å². The van der Waals surface area contributed by atoms with E-state index >= 15 is 0 Å². The standard InChI is InChI=1S/C28H27N5O2/c29-17-21-6-4-20(5-7-21)16-27-31-19-24(32-27)18-30-23-10-8-22(9-11-23)25-12-13-26(35-25)28(34)33-14-2-1-3-15-33/h4-13,19,30H,1-3,14-16,18H2,(H,31,32). The van der Waals surface area contributed by atoms with Gasteiger partial charge < -0.3 is 19.6 Å². The lowest BCUT2D eigenvalue weighted by Gasteiger charge is -2.25. The topological polar surface area (TPSA) is 97.9 Å². The van der Waals surface area contributed by atoms with Crippen molar-refractivity contribution >= 4 is 11.6 Å². The van der Waals surface area contributed by atoms with Gasteiger partial charge in [0.15, 0.2) is 5.76 Å². The first-order chi connectivity index (χ1) is 17.2. The highest BCUT2D eigenvalue weighted by Crippen LogP contribution is 2.25. The number of hydrogen-bond donors (Lipinski definition) is 2. The lowest BCUT2D eigenvalue weighted by Crippen LogP contribution is -2.35. The maximum absolute atomic E-state index is 12.7. The largest absolute Gasteiger partial charge is 0.451 e. The molecule has 2 aromatic carbocycles. The minimum atomic E-state index is -0.0210. The second kappa shape index (κ2) is 10.3. The summed E-state index contributed by atoms with van der Waals surface area (Å²) >= 11 is 0. The summed E-state index contributed by atoms with van der Waals surface area (Å²) < 4.78 is 5.88. The number of hydrogen-bond acceptors (Lipinski definition) is 5. The molecular formula is C28H27N5O2. The molecule has 0 radical (unpaired) electrons. The van der Waals surface area contributed by atoms with Crippen molar-refractivity contribution in [3.05, 3.63) is 95.3 Å². The van der Waals surface area contributed by atoms with E-state index in [1.54, 1.807) is 6.07 Å². The predicted molar refractivity (Wildman–Crippen MR) is 134 cm³/mol. The van der Waals surface area contributed by atoms with Gasteiger partial charge in [-0.2, -0.15) is 5.26 Å². The lowest BCUT2D eigenvalue weighted by molar-refractivity contribution is 0.0693. The summed E-state index contributed by atoms with van der Waals surface area (Å²) in [6.07, 6.45) is 5.83. The Morgan fingerprint density at radius 1 is 1.03 bits per heavy atom. The van der Waals surface area contributed by atoms with Gasteiger partial charge in [0.1, 0.15) is 11.6 Å². The van der Waals surface area contributed by atoms with Gasteiger partial charge >= 0.3 is 0 Å². The Morgan fingerprint density at radius 3 is 2.54 bits per heavy atom. The number of H-pyrrole nitrogens is 1. The normalized spacial score (nSPS) is 13.4. The Kier molecular flexibility index (Phi) is 6.62. The zero-order chi connectivity index (χ0) is 24.0. The van der Waals surface area contributed by atoms with Crippen LogP contribution in [0.4, 0.5) is 5.69 Å². The van der Waals surface area contributed by atoms with Gasteiger partial charge in [0.2, 0.25) is 0 Å². The number of nitriles is 1. The second-order valence-electron chi connectivity index (χ2n) is 8.79. The van der Waals surface area contributed by atoms with E-state index in [9.17, 15) is 4.79 Å². The first-order valence-electron chi connectivity index (χ1n) is 11.9. The summed E-state index contributed by atoms with van der Waals surface area (Å²) in [6, 6.07) is 21.3. The van der Waals surface area contributed by atoms with Crippen molar-refractivity contribution in [2.75, 3.05) is 18.4 Å². The molecule has 0 spiro atoms. The number of nitrogens with one attached hydrogen (secondary N) is 2. The summed E-state index contributed by atoms with van der Waals surface area (Å²) in [5, 5.41) is 12.3. The molecule has 3 heterocycles. The van der Waals surface area contributed by atoms with Crippen molar-refractivity contribution in [3.63, 3.8) is 0 Å². The minimum absolute atomic E-state index is 0.0210.